The minimum Gasteiger partial charge on any atom is -0.497 e. The van der Waals surface area contributed by atoms with Crippen molar-refractivity contribution in [3.63, 3.8) is 0 Å². The molecule has 1 saturated carbocycles. The van der Waals surface area contributed by atoms with Crippen LogP contribution in [0, 0.1) is 5.92 Å². The first-order valence-corrected chi connectivity index (χ1v) is 13.3. The number of nitrogens with one attached hydrogen (secondary N) is 1. The molecule has 0 saturated heterocycles. The molecule has 0 aliphatic heterocycles. The van der Waals surface area contributed by atoms with E-state index in [-0.39, 0.29) is 17.4 Å². The van der Waals surface area contributed by atoms with Gasteiger partial charge in [0.15, 0.2) is 0 Å². The van der Waals surface area contributed by atoms with E-state index in [9.17, 15) is 18.3 Å². The molecule has 0 spiro atoms. The molecule has 0 radical (unpaired) electrons. The van der Waals surface area contributed by atoms with Gasteiger partial charge < -0.3 is 19.9 Å². The molecule has 1 aliphatic carbocycles. The molecule has 0 heterocycles. The number of alkyl carbamates (subject to hydrolysis) is 1. The number of nitrogens with zero attached hydrogens (tertiary/aromatic N) is 1. The maximum absolute atomic E-state index is 13.5. The number of carbonyl (C=O) groups is 1. The maximum Gasteiger partial charge on any atom is 0.407 e. The summed E-state index contributed by atoms with van der Waals surface area (Å²) < 4.78 is 39.0. The first-order chi connectivity index (χ1) is 16.5. The number of hydrogen-bond acceptors (Lipinski definition) is 6. The zero-order chi connectivity index (χ0) is 25.6. The van der Waals surface area contributed by atoms with Crippen molar-refractivity contribution >= 4 is 16.1 Å². The minimum atomic E-state index is -3.90. The van der Waals surface area contributed by atoms with Gasteiger partial charge in [0.2, 0.25) is 10.0 Å². The van der Waals surface area contributed by atoms with Crippen LogP contribution in [0.3, 0.4) is 0 Å². The van der Waals surface area contributed by atoms with Crippen LogP contribution in [-0.4, -0.2) is 61.9 Å². The SMILES string of the molecule is COc1cccc(S(=O)(=O)N(CC2CC2)CC(O)C(Cc2ccccc2)NC(=O)OC(C)(C)C)c1. The molecular weight excluding hydrogens is 468 g/mol. The first-order valence-electron chi connectivity index (χ1n) is 11.8. The Morgan fingerprint density at radius 1 is 1.14 bits per heavy atom. The Morgan fingerprint density at radius 2 is 1.83 bits per heavy atom. The van der Waals surface area contributed by atoms with E-state index >= 15 is 0 Å². The molecule has 0 bridgehead atoms. The molecular formula is C26H36N2O6S. The van der Waals surface area contributed by atoms with Gasteiger partial charge in [0.05, 0.1) is 24.2 Å². The summed E-state index contributed by atoms with van der Waals surface area (Å²) in [7, 11) is -2.42. The third-order valence-corrected chi connectivity index (χ3v) is 7.52. The third-order valence-electron chi connectivity index (χ3n) is 5.69. The quantitative estimate of drug-likeness (QED) is 0.485. The van der Waals surface area contributed by atoms with Crippen molar-refractivity contribution in [2.75, 3.05) is 20.2 Å². The van der Waals surface area contributed by atoms with Crippen molar-refractivity contribution in [3.05, 3.63) is 60.2 Å². The Labute approximate surface area is 208 Å². The molecule has 9 heteroatoms. The van der Waals surface area contributed by atoms with Crippen LogP contribution in [0.15, 0.2) is 59.5 Å². The molecule has 1 aliphatic rings. The Hall–Kier alpha value is -2.62. The van der Waals surface area contributed by atoms with Gasteiger partial charge in [-0.2, -0.15) is 4.31 Å². The molecule has 2 aromatic rings. The summed E-state index contributed by atoms with van der Waals surface area (Å²) in [6.45, 7) is 5.41. The Balaban J connectivity index is 1.84. The summed E-state index contributed by atoms with van der Waals surface area (Å²) in [4.78, 5) is 12.6. The van der Waals surface area contributed by atoms with Crippen LogP contribution in [0.2, 0.25) is 0 Å². The number of carbonyl (C=O) groups excluding carboxylic acids is 1. The molecule has 192 valence electrons. The summed E-state index contributed by atoms with van der Waals surface area (Å²) in [5.41, 5.74) is 0.192. The van der Waals surface area contributed by atoms with Crippen LogP contribution in [-0.2, 0) is 21.2 Å². The van der Waals surface area contributed by atoms with Crippen molar-refractivity contribution < 1.29 is 27.8 Å². The number of aliphatic hydroxyl groups excluding tert-OH is 1. The van der Waals surface area contributed by atoms with Gasteiger partial charge in [0.1, 0.15) is 11.4 Å². The van der Waals surface area contributed by atoms with E-state index in [1.54, 1.807) is 32.9 Å². The molecule has 2 unspecified atom stereocenters. The first kappa shape index (κ1) is 27.0. The van der Waals surface area contributed by atoms with E-state index < -0.39 is 33.9 Å². The van der Waals surface area contributed by atoms with Crippen molar-refractivity contribution in [1.82, 2.24) is 9.62 Å². The number of aliphatic hydroxyl groups is 1. The lowest BCUT2D eigenvalue weighted by Gasteiger charge is -2.30. The van der Waals surface area contributed by atoms with Crippen LogP contribution < -0.4 is 10.1 Å². The van der Waals surface area contributed by atoms with Crippen LogP contribution in [0.4, 0.5) is 4.79 Å². The van der Waals surface area contributed by atoms with Crippen LogP contribution in [0.25, 0.3) is 0 Å². The summed E-state index contributed by atoms with van der Waals surface area (Å²) in [6.07, 6.45) is 0.384. The van der Waals surface area contributed by atoms with Gasteiger partial charge in [-0.3, -0.25) is 0 Å². The van der Waals surface area contributed by atoms with Crippen molar-refractivity contribution in [3.8, 4) is 5.75 Å². The average molecular weight is 505 g/mol. The Bertz CT molecular complexity index is 1080. The lowest BCUT2D eigenvalue weighted by molar-refractivity contribution is 0.0401. The van der Waals surface area contributed by atoms with Gasteiger partial charge in [-0.05, 0) is 63.6 Å². The molecule has 2 N–H and O–H groups in total. The van der Waals surface area contributed by atoms with Crippen molar-refractivity contribution in [1.29, 1.82) is 0 Å². The molecule has 0 aromatic heterocycles. The van der Waals surface area contributed by atoms with Gasteiger partial charge in [0.25, 0.3) is 0 Å². The second-order valence-electron chi connectivity index (χ2n) is 9.95. The number of rotatable bonds is 11. The number of sulfonamides is 1. The smallest absolute Gasteiger partial charge is 0.407 e. The van der Waals surface area contributed by atoms with E-state index in [4.69, 9.17) is 9.47 Å². The van der Waals surface area contributed by atoms with Gasteiger partial charge in [-0.25, -0.2) is 13.2 Å². The molecule has 1 amide bonds. The zero-order valence-corrected chi connectivity index (χ0v) is 21.6. The average Bonchev–Trinajstić information content (AvgIpc) is 3.62. The summed E-state index contributed by atoms with van der Waals surface area (Å²) in [5, 5.41) is 14.0. The predicted octanol–water partition coefficient (Wildman–Crippen LogP) is 3.59. The van der Waals surface area contributed by atoms with E-state index in [0.29, 0.717) is 18.7 Å². The summed E-state index contributed by atoms with van der Waals surface area (Å²) >= 11 is 0. The number of amides is 1. The monoisotopic (exact) mass is 504 g/mol. The molecule has 35 heavy (non-hydrogen) atoms. The fourth-order valence-electron chi connectivity index (χ4n) is 3.72. The number of benzene rings is 2. The standard InChI is InChI=1S/C26H36N2O6S/c1-26(2,3)34-25(30)27-23(15-19-9-6-5-7-10-19)24(29)18-28(17-20-13-14-20)35(31,32)22-12-8-11-21(16-22)33-4/h5-12,16,20,23-24,29H,13-15,17-18H2,1-4H3,(H,27,30). The van der Waals surface area contributed by atoms with Gasteiger partial charge in [0, 0.05) is 19.2 Å². The minimum absolute atomic E-state index is 0.101. The largest absolute Gasteiger partial charge is 0.497 e. The van der Waals surface area contributed by atoms with E-state index in [1.807, 2.05) is 30.3 Å². The lowest BCUT2D eigenvalue weighted by Crippen LogP contribution is -2.51. The molecule has 2 atom stereocenters. The molecule has 3 rings (SSSR count). The highest BCUT2D eigenvalue weighted by atomic mass is 32.2. The predicted molar refractivity (Wildman–Crippen MR) is 134 cm³/mol. The topological polar surface area (TPSA) is 105 Å². The Kier molecular flexibility index (Phi) is 8.79. The Morgan fingerprint density at radius 3 is 2.43 bits per heavy atom. The van der Waals surface area contributed by atoms with Crippen molar-refractivity contribution in [2.24, 2.45) is 5.92 Å². The highest BCUT2D eigenvalue weighted by Crippen LogP contribution is 2.32. The third kappa shape index (κ3) is 8.23. The lowest BCUT2D eigenvalue weighted by atomic mass is 10.0. The summed E-state index contributed by atoms with van der Waals surface area (Å²) in [6, 6.07) is 15.0. The van der Waals surface area contributed by atoms with Crippen LogP contribution >= 0.6 is 0 Å². The molecule has 8 nitrogen and oxygen atoms in total. The maximum atomic E-state index is 13.5. The van der Waals surface area contributed by atoms with Crippen LogP contribution in [0.1, 0.15) is 39.2 Å². The fraction of sp³-hybridized carbons (Fsp3) is 0.500. The van der Waals surface area contributed by atoms with E-state index in [2.05, 4.69) is 5.32 Å². The normalized spacial score (nSPS) is 15.9. The van der Waals surface area contributed by atoms with Crippen molar-refractivity contribution in [2.45, 2.75) is 62.7 Å². The summed E-state index contributed by atoms with van der Waals surface area (Å²) in [5.74, 6) is 0.695. The van der Waals surface area contributed by atoms with Gasteiger partial charge in [-0.1, -0.05) is 36.4 Å². The second-order valence-corrected chi connectivity index (χ2v) is 11.9. The molecule has 2 aromatic carbocycles. The number of ether oxygens (including phenoxy) is 2. The van der Waals surface area contributed by atoms with E-state index in [0.717, 1.165) is 18.4 Å². The van der Waals surface area contributed by atoms with Gasteiger partial charge in [-0.15, -0.1) is 0 Å². The van der Waals surface area contributed by atoms with Crippen LogP contribution in [0.5, 0.6) is 5.75 Å². The zero-order valence-electron chi connectivity index (χ0n) is 20.8. The number of methoxy groups -OCH3 is 1. The van der Waals surface area contributed by atoms with E-state index in [1.165, 1.54) is 23.5 Å². The molecule has 1 fully saturated rings. The second kappa shape index (κ2) is 11.4. The highest BCUT2D eigenvalue weighted by Gasteiger charge is 2.35. The number of hydrogen-bond donors (Lipinski definition) is 2. The van der Waals surface area contributed by atoms with Gasteiger partial charge >= 0.3 is 6.09 Å². The fourth-order valence-corrected chi connectivity index (χ4v) is 5.29. The highest BCUT2D eigenvalue weighted by molar-refractivity contribution is 7.89.